The maximum atomic E-state index is 12.3. The van der Waals surface area contributed by atoms with Crippen LogP contribution in [0.5, 0.6) is 0 Å². The molecule has 0 radical (unpaired) electrons. The smallest absolute Gasteiger partial charge is 0.410 e. The quantitative estimate of drug-likeness (QED) is 0.853. The van der Waals surface area contributed by atoms with Gasteiger partial charge >= 0.3 is 6.09 Å². The molecule has 26 heavy (non-hydrogen) atoms. The molecule has 1 fully saturated rings. The largest absolute Gasteiger partial charge is 0.444 e. The van der Waals surface area contributed by atoms with Gasteiger partial charge in [-0.2, -0.15) is 0 Å². The number of amides is 1. The molecule has 0 spiro atoms. The van der Waals surface area contributed by atoms with Crippen LogP contribution in [0.1, 0.15) is 63.5 Å². The minimum Gasteiger partial charge on any atom is -0.444 e. The summed E-state index contributed by atoms with van der Waals surface area (Å²) in [4.78, 5) is 22.9. The summed E-state index contributed by atoms with van der Waals surface area (Å²) in [6.45, 7) is 10.9. The number of carbonyl (C=O) groups excluding carboxylic acids is 1. The Hall–Kier alpha value is -1.73. The van der Waals surface area contributed by atoms with Crippen LogP contribution in [0, 0.1) is 6.92 Å². The number of hydrogen-bond acceptors (Lipinski definition) is 6. The van der Waals surface area contributed by atoms with E-state index in [1.165, 1.54) is 0 Å². The summed E-state index contributed by atoms with van der Waals surface area (Å²) in [7, 11) is 1.81. The molecular weight excluding hydrogens is 332 g/mol. The van der Waals surface area contributed by atoms with Crippen molar-refractivity contribution in [1.29, 1.82) is 0 Å². The molecule has 7 heteroatoms. The molecule has 1 saturated heterocycles. The van der Waals surface area contributed by atoms with Gasteiger partial charge in [-0.1, -0.05) is 0 Å². The van der Waals surface area contributed by atoms with Crippen LogP contribution in [0.15, 0.2) is 6.20 Å². The molecule has 2 rings (SSSR count). The van der Waals surface area contributed by atoms with Crippen LogP contribution < -0.4 is 5.32 Å². The van der Waals surface area contributed by atoms with Crippen molar-refractivity contribution < 1.29 is 14.6 Å². The van der Waals surface area contributed by atoms with Crippen molar-refractivity contribution in [1.82, 2.24) is 20.2 Å². The standard InChI is InChI=1S/C19H32N4O3/c1-13-21-11-15(19(5,25)12-20-6)16(22-13)14-7-9-23(10-8-14)17(24)26-18(2,3)4/h11,14,20,25H,7-10,12H2,1-6H3. The number of ether oxygens (including phenoxy) is 1. The molecule has 1 atom stereocenters. The fourth-order valence-electron chi connectivity index (χ4n) is 3.32. The van der Waals surface area contributed by atoms with E-state index < -0.39 is 11.2 Å². The SMILES string of the molecule is CNCC(C)(O)c1cnc(C)nc1C1CCN(C(=O)OC(C)(C)C)CC1. The van der Waals surface area contributed by atoms with E-state index in [-0.39, 0.29) is 12.0 Å². The van der Waals surface area contributed by atoms with Gasteiger partial charge in [0.25, 0.3) is 0 Å². The summed E-state index contributed by atoms with van der Waals surface area (Å²) in [5, 5.41) is 13.8. The highest BCUT2D eigenvalue weighted by atomic mass is 16.6. The lowest BCUT2D eigenvalue weighted by Crippen LogP contribution is -2.42. The highest BCUT2D eigenvalue weighted by Crippen LogP contribution is 2.33. The zero-order chi connectivity index (χ0) is 19.5. The first-order valence-electron chi connectivity index (χ1n) is 9.22. The minimum absolute atomic E-state index is 0.189. The number of hydrogen-bond donors (Lipinski definition) is 2. The predicted molar refractivity (Wildman–Crippen MR) is 100 cm³/mol. The Labute approximate surface area is 156 Å². The first-order valence-corrected chi connectivity index (χ1v) is 9.22. The van der Waals surface area contributed by atoms with Gasteiger partial charge in [0.15, 0.2) is 0 Å². The first kappa shape index (κ1) is 20.6. The van der Waals surface area contributed by atoms with Crippen LogP contribution in [0.3, 0.4) is 0 Å². The van der Waals surface area contributed by atoms with Gasteiger partial charge in [-0.15, -0.1) is 0 Å². The number of rotatable bonds is 4. The first-order chi connectivity index (χ1) is 12.0. The maximum Gasteiger partial charge on any atom is 0.410 e. The topological polar surface area (TPSA) is 87.6 Å². The molecule has 0 aromatic carbocycles. The van der Waals surface area contributed by atoms with Gasteiger partial charge in [0.2, 0.25) is 0 Å². The zero-order valence-electron chi connectivity index (χ0n) is 16.8. The molecular formula is C19H32N4O3. The minimum atomic E-state index is -1.04. The number of likely N-dealkylation sites (N-methyl/N-ethyl adjacent to an activating group) is 1. The summed E-state index contributed by atoms with van der Waals surface area (Å²) in [5.74, 6) is 0.882. The summed E-state index contributed by atoms with van der Waals surface area (Å²) in [6, 6.07) is 0. The Bertz CT molecular complexity index is 632. The van der Waals surface area contributed by atoms with Crippen LogP contribution in [-0.4, -0.2) is 58.4 Å². The number of carbonyl (C=O) groups is 1. The van der Waals surface area contributed by atoms with Crippen molar-refractivity contribution in [3.05, 3.63) is 23.3 Å². The molecule has 1 aromatic rings. The Kier molecular flexibility index (Phi) is 6.24. The molecule has 2 heterocycles. The summed E-state index contributed by atoms with van der Waals surface area (Å²) < 4.78 is 5.46. The molecule has 1 aliphatic rings. The lowest BCUT2D eigenvalue weighted by Gasteiger charge is -2.35. The number of piperidine rings is 1. The number of nitrogens with zero attached hydrogens (tertiary/aromatic N) is 3. The van der Waals surface area contributed by atoms with Gasteiger partial charge < -0.3 is 20.1 Å². The van der Waals surface area contributed by atoms with Gasteiger partial charge in [0, 0.05) is 37.3 Å². The molecule has 146 valence electrons. The Morgan fingerprint density at radius 3 is 2.50 bits per heavy atom. The van der Waals surface area contributed by atoms with E-state index in [4.69, 9.17) is 4.74 Å². The van der Waals surface area contributed by atoms with Gasteiger partial charge in [-0.25, -0.2) is 14.8 Å². The van der Waals surface area contributed by atoms with E-state index >= 15 is 0 Å². The third-order valence-electron chi connectivity index (χ3n) is 4.57. The average Bonchev–Trinajstić information content (AvgIpc) is 2.53. The molecule has 1 aliphatic heterocycles. The fraction of sp³-hybridized carbons (Fsp3) is 0.737. The van der Waals surface area contributed by atoms with Crippen molar-refractivity contribution in [3.8, 4) is 0 Å². The van der Waals surface area contributed by atoms with E-state index in [2.05, 4.69) is 15.3 Å². The molecule has 0 saturated carbocycles. The lowest BCUT2D eigenvalue weighted by molar-refractivity contribution is 0.0199. The molecule has 7 nitrogen and oxygen atoms in total. The predicted octanol–water partition coefficient (Wildman–Crippen LogP) is 2.33. The molecule has 2 N–H and O–H groups in total. The molecule has 0 aliphatic carbocycles. The summed E-state index contributed by atoms with van der Waals surface area (Å²) in [6.07, 6.45) is 3.04. The normalized spacial score (nSPS) is 18.5. The second-order valence-corrected chi connectivity index (χ2v) is 8.26. The van der Waals surface area contributed by atoms with E-state index in [9.17, 15) is 9.90 Å². The number of aliphatic hydroxyl groups is 1. The monoisotopic (exact) mass is 364 g/mol. The van der Waals surface area contributed by atoms with E-state index in [1.807, 2.05) is 34.7 Å². The van der Waals surface area contributed by atoms with Gasteiger partial charge in [-0.3, -0.25) is 0 Å². The van der Waals surface area contributed by atoms with E-state index in [0.717, 1.165) is 24.1 Å². The number of aryl methyl sites for hydroxylation is 1. The van der Waals surface area contributed by atoms with Crippen molar-refractivity contribution in [2.75, 3.05) is 26.7 Å². The van der Waals surface area contributed by atoms with E-state index in [0.29, 0.717) is 25.5 Å². The van der Waals surface area contributed by atoms with Crippen LogP contribution in [0.2, 0.25) is 0 Å². The number of likely N-dealkylation sites (tertiary alicyclic amines) is 1. The van der Waals surface area contributed by atoms with Crippen LogP contribution in [0.25, 0.3) is 0 Å². The zero-order valence-corrected chi connectivity index (χ0v) is 16.8. The highest BCUT2D eigenvalue weighted by Gasteiger charge is 2.33. The summed E-state index contributed by atoms with van der Waals surface area (Å²) >= 11 is 0. The Morgan fingerprint density at radius 1 is 1.35 bits per heavy atom. The second kappa shape index (κ2) is 7.88. The number of nitrogens with one attached hydrogen (secondary N) is 1. The fourth-order valence-corrected chi connectivity index (χ4v) is 3.32. The highest BCUT2D eigenvalue weighted by molar-refractivity contribution is 5.68. The van der Waals surface area contributed by atoms with Crippen LogP contribution >= 0.6 is 0 Å². The van der Waals surface area contributed by atoms with Crippen molar-refractivity contribution in [2.45, 2.75) is 64.6 Å². The third kappa shape index (κ3) is 5.14. The summed E-state index contributed by atoms with van der Waals surface area (Å²) in [5.41, 5.74) is 0.117. The van der Waals surface area contributed by atoms with Gasteiger partial charge in [0.05, 0.1) is 5.69 Å². The Morgan fingerprint density at radius 2 is 1.96 bits per heavy atom. The maximum absolute atomic E-state index is 12.3. The molecule has 1 amide bonds. The average molecular weight is 364 g/mol. The Balaban J connectivity index is 2.14. The second-order valence-electron chi connectivity index (χ2n) is 8.26. The molecule has 1 unspecified atom stereocenters. The third-order valence-corrected chi connectivity index (χ3v) is 4.57. The van der Waals surface area contributed by atoms with Gasteiger partial charge in [-0.05, 0) is 54.5 Å². The molecule has 0 bridgehead atoms. The van der Waals surface area contributed by atoms with Crippen molar-refractivity contribution in [2.24, 2.45) is 0 Å². The van der Waals surface area contributed by atoms with Gasteiger partial charge in [0.1, 0.15) is 17.0 Å². The van der Waals surface area contributed by atoms with Crippen molar-refractivity contribution in [3.63, 3.8) is 0 Å². The number of aromatic nitrogens is 2. The lowest BCUT2D eigenvalue weighted by atomic mass is 9.85. The van der Waals surface area contributed by atoms with E-state index in [1.54, 1.807) is 18.0 Å². The van der Waals surface area contributed by atoms with Crippen molar-refractivity contribution >= 4 is 6.09 Å². The molecule has 1 aromatic heterocycles. The van der Waals surface area contributed by atoms with Crippen LogP contribution in [-0.2, 0) is 10.3 Å². The van der Waals surface area contributed by atoms with Crippen LogP contribution in [0.4, 0.5) is 4.79 Å².